The number of piperidine rings is 1. The number of hydrogen-bond donors (Lipinski definition) is 3. The monoisotopic (exact) mass is 410 g/mol. The second-order valence-corrected chi connectivity index (χ2v) is 9.80. The molecule has 0 saturated carbocycles. The summed E-state index contributed by atoms with van der Waals surface area (Å²) in [6, 6.07) is 4.49. The van der Waals surface area contributed by atoms with Crippen LogP contribution in [0.4, 0.5) is 5.82 Å². The SMILES string of the molecule is CCNC(=NCC(C)(C)NS(C)(=O)=O)NC1CCN(c2ccc(C)cn2)CC1. The van der Waals surface area contributed by atoms with Crippen LogP contribution in [-0.4, -0.2) is 63.4 Å². The molecule has 1 aliphatic rings. The van der Waals surface area contributed by atoms with E-state index >= 15 is 0 Å². The molecule has 0 atom stereocenters. The summed E-state index contributed by atoms with van der Waals surface area (Å²) in [4.78, 5) is 11.4. The first-order valence-electron chi connectivity index (χ1n) is 9.79. The van der Waals surface area contributed by atoms with Crippen LogP contribution in [-0.2, 0) is 10.0 Å². The zero-order chi connectivity index (χ0) is 20.8. The average Bonchev–Trinajstić information content (AvgIpc) is 2.59. The van der Waals surface area contributed by atoms with Crippen molar-refractivity contribution in [2.24, 2.45) is 4.99 Å². The summed E-state index contributed by atoms with van der Waals surface area (Å²) in [5.41, 5.74) is 0.524. The number of nitrogens with one attached hydrogen (secondary N) is 3. The molecule has 1 aromatic heterocycles. The van der Waals surface area contributed by atoms with Gasteiger partial charge < -0.3 is 15.5 Å². The van der Waals surface area contributed by atoms with Crippen LogP contribution in [0.25, 0.3) is 0 Å². The van der Waals surface area contributed by atoms with Crippen molar-refractivity contribution in [3.8, 4) is 0 Å². The van der Waals surface area contributed by atoms with Gasteiger partial charge in [-0.3, -0.25) is 4.99 Å². The van der Waals surface area contributed by atoms with Crippen LogP contribution in [0.5, 0.6) is 0 Å². The second-order valence-electron chi connectivity index (χ2n) is 8.05. The van der Waals surface area contributed by atoms with Crippen molar-refractivity contribution in [1.82, 2.24) is 20.3 Å². The van der Waals surface area contributed by atoms with E-state index in [1.807, 2.05) is 33.9 Å². The molecule has 0 aliphatic carbocycles. The quantitative estimate of drug-likeness (QED) is 0.462. The molecule has 8 nitrogen and oxygen atoms in total. The summed E-state index contributed by atoms with van der Waals surface area (Å²) in [5, 5.41) is 6.74. The summed E-state index contributed by atoms with van der Waals surface area (Å²) in [6.07, 6.45) is 5.05. The normalized spacial score (nSPS) is 16.9. The van der Waals surface area contributed by atoms with Gasteiger partial charge in [0, 0.05) is 37.4 Å². The lowest BCUT2D eigenvalue weighted by atomic mass is 10.1. The number of pyridine rings is 1. The highest BCUT2D eigenvalue weighted by molar-refractivity contribution is 7.88. The molecule has 0 radical (unpaired) electrons. The van der Waals surface area contributed by atoms with Crippen LogP contribution in [0.15, 0.2) is 23.3 Å². The van der Waals surface area contributed by atoms with Crippen LogP contribution in [0.2, 0.25) is 0 Å². The number of guanidine groups is 1. The minimum absolute atomic E-state index is 0.325. The smallest absolute Gasteiger partial charge is 0.209 e. The van der Waals surface area contributed by atoms with Crippen LogP contribution in [0.1, 0.15) is 39.2 Å². The highest BCUT2D eigenvalue weighted by Gasteiger charge is 2.23. The lowest BCUT2D eigenvalue weighted by Crippen LogP contribution is -2.50. The van der Waals surface area contributed by atoms with E-state index in [9.17, 15) is 8.42 Å². The van der Waals surface area contributed by atoms with Gasteiger partial charge in [0.25, 0.3) is 0 Å². The molecule has 0 spiro atoms. The molecule has 0 amide bonds. The third-order valence-electron chi connectivity index (χ3n) is 4.49. The Hall–Kier alpha value is -1.87. The Morgan fingerprint density at radius 1 is 1.32 bits per heavy atom. The summed E-state index contributed by atoms with van der Waals surface area (Å²) < 4.78 is 25.6. The van der Waals surface area contributed by atoms with Gasteiger partial charge in [0.1, 0.15) is 5.82 Å². The predicted molar refractivity (Wildman–Crippen MR) is 115 cm³/mol. The molecule has 2 rings (SSSR count). The molecular formula is C19H34N6O2S. The Balaban J connectivity index is 1.91. The van der Waals surface area contributed by atoms with E-state index in [0.29, 0.717) is 12.6 Å². The Labute approximate surface area is 169 Å². The minimum atomic E-state index is -3.28. The summed E-state index contributed by atoms with van der Waals surface area (Å²) in [6.45, 7) is 10.7. The maximum Gasteiger partial charge on any atom is 0.209 e. The third-order valence-corrected chi connectivity index (χ3v) is 5.42. The first kappa shape index (κ1) is 22.4. The molecular weight excluding hydrogens is 376 g/mol. The molecule has 1 fully saturated rings. The van der Waals surface area contributed by atoms with Crippen LogP contribution >= 0.6 is 0 Å². The molecule has 2 heterocycles. The zero-order valence-electron chi connectivity index (χ0n) is 17.6. The van der Waals surface area contributed by atoms with Crippen molar-refractivity contribution in [2.75, 3.05) is 37.3 Å². The van der Waals surface area contributed by atoms with Crippen molar-refractivity contribution in [2.45, 2.75) is 52.1 Å². The van der Waals surface area contributed by atoms with Gasteiger partial charge in [-0.1, -0.05) is 6.07 Å². The highest BCUT2D eigenvalue weighted by atomic mass is 32.2. The molecule has 1 saturated heterocycles. The lowest BCUT2D eigenvalue weighted by Gasteiger charge is -2.34. The molecule has 1 aliphatic heterocycles. The van der Waals surface area contributed by atoms with Crippen molar-refractivity contribution in [1.29, 1.82) is 0 Å². The van der Waals surface area contributed by atoms with Crippen molar-refractivity contribution >= 4 is 21.8 Å². The van der Waals surface area contributed by atoms with Gasteiger partial charge in [0.15, 0.2) is 5.96 Å². The number of nitrogens with zero attached hydrogens (tertiary/aromatic N) is 3. The third kappa shape index (κ3) is 7.63. The molecule has 0 unspecified atom stereocenters. The van der Waals surface area contributed by atoms with Crippen LogP contribution < -0.4 is 20.3 Å². The number of aliphatic imine (C=N–C) groups is 1. The van der Waals surface area contributed by atoms with Gasteiger partial charge in [-0.05, 0) is 52.2 Å². The van der Waals surface area contributed by atoms with Crippen molar-refractivity contribution in [3.05, 3.63) is 23.9 Å². The topological polar surface area (TPSA) is 98.7 Å². The molecule has 1 aromatic rings. The Morgan fingerprint density at radius 3 is 2.54 bits per heavy atom. The van der Waals surface area contributed by atoms with Crippen molar-refractivity contribution in [3.63, 3.8) is 0 Å². The second kappa shape index (κ2) is 9.56. The summed E-state index contributed by atoms with van der Waals surface area (Å²) in [7, 11) is -3.28. The highest BCUT2D eigenvalue weighted by Crippen LogP contribution is 2.18. The first-order chi connectivity index (χ1) is 13.1. The van der Waals surface area contributed by atoms with E-state index in [0.717, 1.165) is 44.3 Å². The number of anilines is 1. The summed E-state index contributed by atoms with van der Waals surface area (Å²) in [5.74, 6) is 1.75. The largest absolute Gasteiger partial charge is 0.357 e. The number of aromatic nitrogens is 1. The summed E-state index contributed by atoms with van der Waals surface area (Å²) >= 11 is 0. The first-order valence-corrected chi connectivity index (χ1v) is 11.7. The van der Waals surface area contributed by atoms with Crippen molar-refractivity contribution < 1.29 is 8.42 Å². The molecule has 9 heteroatoms. The Kier molecular flexibility index (Phi) is 7.65. The van der Waals surface area contributed by atoms with E-state index in [4.69, 9.17) is 0 Å². The van der Waals surface area contributed by atoms with E-state index in [1.165, 1.54) is 11.8 Å². The fourth-order valence-electron chi connectivity index (χ4n) is 3.22. The molecule has 158 valence electrons. The minimum Gasteiger partial charge on any atom is -0.357 e. The maximum atomic E-state index is 11.5. The maximum absolute atomic E-state index is 11.5. The Bertz CT molecular complexity index is 753. The number of aryl methyl sites for hydroxylation is 1. The van der Waals surface area contributed by atoms with E-state index in [1.54, 1.807) is 0 Å². The molecule has 3 N–H and O–H groups in total. The fourth-order valence-corrected chi connectivity index (χ4v) is 4.29. The van der Waals surface area contributed by atoms with Gasteiger partial charge in [-0.2, -0.15) is 0 Å². The van der Waals surface area contributed by atoms with Gasteiger partial charge in [0.05, 0.1) is 12.8 Å². The fraction of sp³-hybridized carbons (Fsp3) is 0.684. The number of hydrogen-bond acceptors (Lipinski definition) is 5. The predicted octanol–water partition coefficient (Wildman–Crippen LogP) is 1.24. The zero-order valence-corrected chi connectivity index (χ0v) is 18.4. The van der Waals surface area contributed by atoms with E-state index in [-0.39, 0.29) is 0 Å². The van der Waals surface area contributed by atoms with Gasteiger partial charge in [-0.15, -0.1) is 0 Å². The van der Waals surface area contributed by atoms with Crippen LogP contribution in [0, 0.1) is 6.92 Å². The standard InChI is InChI=1S/C19H34N6O2S/c1-6-20-18(22-14-19(3,4)24-28(5,26)27)23-16-9-11-25(12-10-16)17-8-7-15(2)13-21-17/h7-8,13,16,24H,6,9-12,14H2,1-5H3,(H2,20,22,23). The van der Waals surface area contributed by atoms with E-state index < -0.39 is 15.6 Å². The van der Waals surface area contributed by atoms with Gasteiger partial charge in [-0.25, -0.2) is 18.1 Å². The van der Waals surface area contributed by atoms with E-state index in [2.05, 4.69) is 42.4 Å². The molecule has 0 aromatic carbocycles. The number of rotatable bonds is 7. The lowest BCUT2D eigenvalue weighted by molar-refractivity contribution is 0.450. The molecule has 28 heavy (non-hydrogen) atoms. The van der Waals surface area contributed by atoms with Gasteiger partial charge in [0.2, 0.25) is 10.0 Å². The van der Waals surface area contributed by atoms with Crippen LogP contribution in [0.3, 0.4) is 0 Å². The van der Waals surface area contributed by atoms with Gasteiger partial charge >= 0.3 is 0 Å². The average molecular weight is 411 g/mol. The number of sulfonamides is 1. The Morgan fingerprint density at radius 2 is 2.00 bits per heavy atom. The molecule has 0 bridgehead atoms.